The van der Waals surface area contributed by atoms with Crippen LogP contribution >= 0.6 is 11.6 Å². The number of hydrogen-bond acceptors (Lipinski definition) is 8. The number of benzene rings is 1. The zero-order valence-electron chi connectivity index (χ0n) is 18.4. The van der Waals surface area contributed by atoms with Gasteiger partial charge in [0.25, 0.3) is 5.91 Å². The number of carbonyl (C=O) groups excluding carboxylic acids is 1. The third-order valence-electron chi connectivity index (χ3n) is 5.50. The third-order valence-corrected chi connectivity index (χ3v) is 5.74. The van der Waals surface area contributed by atoms with Gasteiger partial charge in [0.05, 0.1) is 17.9 Å². The maximum absolute atomic E-state index is 13.0. The Morgan fingerprint density at radius 3 is 2.91 bits per heavy atom. The number of rotatable bonds is 6. The number of hydrogen-bond donors (Lipinski definition) is 3. The molecule has 0 radical (unpaired) electrons. The molecule has 0 saturated heterocycles. The lowest BCUT2D eigenvalue weighted by Crippen LogP contribution is -2.30. The zero-order valence-corrected chi connectivity index (χ0v) is 19.1. The molecule has 11 heteroatoms. The molecule has 1 amide bonds. The van der Waals surface area contributed by atoms with Gasteiger partial charge in [-0.3, -0.25) is 4.79 Å². The summed E-state index contributed by atoms with van der Waals surface area (Å²) in [6.45, 7) is 1.79. The van der Waals surface area contributed by atoms with Crippen molar-refractivity contribution in [3.8, 4) is 0 Å². The number of aromatic nitrogens is 6. The SMILES string of the molecule is C[C@@H](NC(=O)c1nc(C2=CCCC2)cnc1N)c1nnc2ccc(Nc3cccc(Cl)c3)nn12. The number of nitrogens with zero attached hydrogens (tertiary/aromatic N) is 6. The number of anilines is 3. The second kappa shape index (κ2) is 9.06. The van der Waals surface area contributed by atoms with Crippen molar-refractivity contribution in [2.24, 2.45) is 0 Å². The first-order chi connectivity index (χ1) is 16.5. The van der Waals surface area contributed by atoms with E-state index in [1.54, 1.807) is 41.9 Å². The van der Waals surface area contributed by atoms with Gasteiger partial charge < -0.3 is 16.4 Å². The lowest BCUT2D eigenvalue weighted by molar-refractivity contribution is 0.0933. The molecular weight excluding hydrogens is 454 g/mol. The fraction of sp³-hybridized carbons (Fsp3) is 0.217. The highest BCUT2D eigenvalue weighted by Gasteiger charge is 2.22. The summed E-state index contributed by atoms with van der Waals surface area (Å²) < 4.78 is 1.58. The summed E-state index contributed by atoms with van der Waals surface area (Å²) in [4.78, 5) is 21.6. The molecule has 4 N–H and O–H groups in total. The number of halogens is 1. The van der Waals surface area contributed by atoms with Gasteiger partial charge in [-0.1, -0.05) is 23.7 Å². The summed E-state index contributed by atoms with van der Waals surface area (Å²) in [5.74, 6) is 0.661. The van der Waals surface area contributed by atoms with E-state index < -0.39 is 11.9 Å². The lowest BCUT2D eigenvalue weighted by atomic mass is 10.1. The van der Waals surface area contributed by atoms with Gasteiger partial charge >= 0.3 is 0 Å². The van der Waals surface area contributed by atoms with E-state index in [9.17, 15) is 4.79 Å². The van der Waals surface area contributed by atoms with E-state index in [1.807, 2.05) is 12.1 Å². The van der Waals surface area contributed by atoms with Gasteiger partial charge in [0.1, 0.15) is 0 Å². The molecule has 0 bridgehead atoms. The molecule has 172 valence electrons. The maximum atomic E-state index is 13.0. The van der Waals surface area contributed by atoms with Crippen molar-refractivity contribution >= 4 is 46.1 Å². The summed E-state index contributed by atoms with van der Waals surface area (Å²) in [5, 5.41) is 19.6. The van der Waals surface area contributed by atoms with E-state index in [-0.39, 0.29) is 11.5 Å². The Hall–Kier alpha value is -4.05. The molecule has 0 aliphatic heterocycles. The van der Waals surface area contributed by atoms with Crippen molar-refractivity contribution in [1.82, 2.24) is 35.1 Å². The highest BCUT2D eigenvalue weighted by molar-refractivity contribution is 6.30. The van der Waals surface area contributed by atoms with Gasteiger partial charge in [-0.25, -0.2) is 9.97 Å². The predicted molar refractivity (Wildman–Crippen MR) is 130 cm³/mol. The molecule has 34 heavy (non-hydrogen) atoms. The molecule has 1 aromatic carbocycles. The number of carbonyl (C=O) groups is 1. The van der Waals surface area contributed by atoms with Crippen molar-refractivity contribution in [3.05, 3.63) is 70.9 Å². The van der Waals surface area contributed by atoms with Crippen LogP contribution in [0.1, 0.15) is 54.2 Å². The molecule has 3 heterocycles. The molecule has 1 aliphatic carbocycles. The van der Waals surface area contributed by atoms with E-state index >= 15 is 0 Å². The third kappa shape index (κ3) is 4.40. The Bertz CT molecular complexity index is 1410. The molecule has 5 rings (SSSR count). The van der Waals surface area contributed by atoms with Crippen molar-refractivity contribution in [2.75, 3.05) is 11.1 Å². The first kappa shape index (κ1) is 21.8. The highest BCUT2D eigenvalue weighted by Crippen LogP contribution is 2.27. The minimum atomic E-state index is -0.521. The topological polar surface area (TPSA) is 136 Å². The molecule has 10 nitrogen and oxygen atoms in total. The highest BCUT2D eigenvalue weighted by atomic mass is 35.5. The van der Waals surface area contributed by atoms with Crippen LogP contribution in [-0.4, -0.2) is 35.7 Å². The standard InChI is InChI=1S/C23H22ClN9O/c1-13(27-23(34)20-21(25)26-12-17(29-20)14-5-2-3-6-14)22-31-30-19-10-9-18(32-33(19)22)28-16-8-4-7-15(24)11-16/h4-5,7-13H,2-3,6H2,1H3,(H2,25,26)(H,27,34)(H,28,32)/t13-/m1/s1. The molecule has 1 aliphatic rings. The van der Waals surface area contributed by atoms with Crippen LogP contribution in [-0.2, 0) is 0 Å². The van der Waals surface area contributed by atoms with Gasteiger partial charge in [-0.15, -0.1) is 15.3 Å². The Kier molecular flexibility index (Phi) is 5.81. The summed E-state index contributed by atoms with van der Waals surface area (Å²) in [5.41, 5.74) is 9.14. The summed E-state index contributed by atoms with van der Waals surface area (Å²) in [6.07, 6.45) is 6.71. The molecule has 0 unspecified atom stereocenters. The summed E-state index contributed by atoms with van der Waals surface area (Å²) in [7, 11) is 0. The van der Waals surface area contributed by atoms with Gasteiger partial charge in [0.2, 0.25) is 0 Å². The summed E-state index contributed by atoms with van der Waals surface area (Å²) >= 11 is 6.06. The maximum Gasteiger partial charge on any atom is 0.274 e. The number of nitrogens with one attached hydrogen (secondary N) is 2. The first-order valence-corrected chi connectivity index (χ1v) is 11.2. The quantitative estimate of drug-likeness (QED) is 0.381. The second-order valence-electron chi connectivity index (χ2n) is 7.99. The van der Waals surface area contributed by atoms with Gasteiger partial charge in [-0.05, 0) is 62.1 Å². The number of amides is 1. The van der Waals surface area contributed by atoms with Crippen molar-refractivity contribution < 1.29 is 4.79 Å². The average Bonchev–Trinajstić information content (AvgIpc) is 3.49. The van der Waals surface area contributed by atoms with Crippen molar-refractivity contribution in [1.29, 1.82) is 0 Å². The van der Waals surface area contributed by atoms with E-state index in [4.69, 9.17) is 17.3 Å². The van der Waals surface area contributed by atoms with E-state index in [0.29, 0.717) is 28.0 Å². The number of nitrogen functional groups attached to an aromatic ring is 1. The minimum absolute atomic E-state index is 0.0734. The number of fused-ring (bicyclic) bond motifs is 1. The molecule has 3 aromatic heterocycles. The van der Waals surface area contributed by atoms with Crippen molar-refractivity contribution in [2.45, 2.75) is 32.2 Å². The number of allylic oxidation sites excluding steroid dienone is 2. The lowest BCUT2D eigenvalue weighted by Gasteiger charge is -2.13. The molecule has 4 aromatic rings. The minimum Gasteiger partial charge on any atom is -0.382 e. The molecular formula is C23H22ClN9O. The zero-order chi connectivity index (χ0) is 23.7. The Morgan fingerprint density at radius 1 is 1.24 bits per heavy atom. The van der Waals surface area contributed by atoms with E-state index in [1.165, 1.54) is 0 Å². The fourth-order valence-electron chi connectivity index (χ4n) is 3.81. The predicted octanol–water partition coefficient (Wildman–Crippen LogP) is 3.95. The van der Waals surface area contributed by atoms with Crippen LogP contribution in [0, 0.1) is 0 Å². The van der Waals surface area contributed by atoms with Crippen LogP contribution < -0.4 is 16.4 Å². The second-order valence-corrected chi connectivity index (χ2v) is 8.42. The molecule has 1 atom stereocenters. The molecule has 0 fully saturated rings. The van der Waals surface area contributed by atoms with Crippen LogP contribution in [0.5, 0.6) is 0 Å². The van der Waals surface area contributed by atoms with E-state index in [0.717, 1.165) is 30.5 Å². The van der Waals surface area contributed by atoms with Gasteiger partial charge in [0, 0.05) is 10.7 Å². The van der Waals surface area contributed by atoms with E-state index in [2.05, 4.69) is 42.0 Å². The first-order valence-electron chi connectivity index (χ1n) is 10.9. The Balaban J connectivity index is 1.37. The van der Waals surface area contributed by atoms with Crippen LogP contribution in [0.4, 0.5) is 17.3 Å². The monoisotopic (exact) mass is 475 g/mol. The van der Waals surface area contributed by atoms with Crippen LogP contribution in [0.2, 0.25) is 5.02 Å². The van der Waals surface area contributed by atoms with Crippen LogP contribution in [0.3, 0.4) is 0 Å². The number of nitrogens with two attached hydrogens (primary N) is 1. The molecule has 0 saturated carbocycles. The molecule has 0 spiro atoms. The van der Waals surface area contributed by atoms with Gasteiger partial charge in [0.15, 0.2) is 28.8 Å². The smallest absolute Gasteiger partial charge is 0.274 e. The van der Waals surface area contributed by atoms with Crippen molar-refractivity contribution in [3.63, 3.8) is 0 Å². The fourth-order valence-corrected chi connectivity index (χ4v) is 4.00. The van der Waals surface area contributed by atoms with Gasteiger partial charge in [-0.2, -0.15) is 4.52 Å². The largest absolute Gasteiger partial charge is 0.382 e. The Morgan fingerprint density at radius 2 is 2.12 bits per heavy atom. The van der Waals surface area contributed by atoms with Crippen LogP contribution in [0.25, 0.3) is 11.2 Å². The van der Waals surface area contributed by atoms with Crippen LogP contribution in [0.15, 0.2) is 48.7 Å². The summed E-state index contributed by atoms with van der Waals surface area (Å²) in [6, 6.07) is 10.4. The average molecular weight is 476 g/mol. The normalized spacial score (nSPS) is 14.1. The Labute approximate surface area is 200 Å².